The van der Waals surface area contributed by atoms with Gasteiger partial charge in [0.05, 0.1) is 41.2 Å². The first-order valence-corrected chi connectivity index (χ1v) is 19.4. The van der Waals surface area contributed by atoms with Crippen molar-refractivity contribution in [3.8, 4) is 11.5 Å². The molecule has 2 saturated heterocycles. The van der Waals surface area contributed by atoms with E-state index >= 15 is 0 Å². The molecule has 0 radical (unpaired) electrons. The normalized spacial score (nSPS) is 21.0. The molecule has 5 atom stereocenters. The van der Waals surface area contributed by atoms with Crippen molar-refractivity contribution in [2.45, 2.75) is 68.9 Å². The zero-order valence-corrected chi connectivity index (χ0v) is 30.3. The van der Waals surface area contributed by atoms with Gasteiger partial charge in [-0.3, -0.25) is 4.79 Å². The number of thiophene rings is 1. The molecule has 0 saturated carbocycles. The van der Waals surface area contributed by atoms with Gasteiger partial charge >= 0.3 is 0 Å². The Hall–Kier alpha value is -3.73. The summed E-state index contributed by atoms with van der Waals surface area (Å²) >= 11 is 1.35. The molecule has 51 heavy (non-hydrogen) atoms. The summed E-state index contributed by atoms with van der Waals surface area (Å²) in [6.07, 6.45) is -1.69. The van der Waals surface area contributed by atoms with Crippen molar-refractivity contribution in [2.24, 2.45) is 11.3 Å². The van der Waals surface area contributed by atoms with E-state index in [0.29, 0.717) is 43.0 Å². The highest BCUT2D eigenvalue weighted by atomic mass is 32.2. The van der Waals surface area contributed by atoms with Crippen LogP contribution in [0.5, 0.6) is 11.5 Å². The Kier molecular flexibility index (Phi) is 11.5. The van der Waals surface area contributed by atoms with Gasteiger partial charge < -0.3 is 44.2 Å². The van der Waals surface area contributed by atoms with E-state index < -0.39 is 52.6 Å². The van der Waals surface area contributed by atoms with Crippen molar-refractivity contribution >= 4 is 33.4 Å². The molecule has 4 heterocycles. The number of fused-ring (bicyclic) bond motifs is 2. The molecule has 3 aliphatic heterocycles. The van der Waals surface area contributed by atoms with E-state index in [1.54, 1.807) is 6.07 Å². The number of hydrogen-bond donors (Lipinski definition) is 2. The first-order valence-electron chi connectivity index (χ1n) is 17.1. The Bertz CT molecular complexity index is 1760. The Morgan fingerprint density at radius 3 is 2.61 bits per heavy atom. The average molecular weight is 743 g/mol. The predicted octanol–water partition coefficient (Wildman–Crippen LogP) is 3.08. The molecule has 0 unspecified atom stereocenters. The summed E-state index contributed by atoms with van der Waals surface area (Å²) in [7, 11) is -4.27. The number of sulfonamides is 1. The summed E-state index contributed by atoms with van der Waals surface area (Å²) in [6.45, 7) is 4.29. The number of carboxylic acid groups (broad SMARTS) is 1. The average Bonchev–Trinajstić information content (AvgIpc) is 3.93. The number of nitrogens with zero attached hydrogens (tertiary/aromatic N) is 2. The predicted molar refractivity (Wildman–Crippen MR) is 186 cm³/mol. The van der Waals surface area contributed by atoms with E-state index in [1.807, 2.05) is 55.6 Å². The fourth-order valence-corrected chi connectivity index (χ4v) is 9.41. The van der Waals surface area contributed by atoms with Crippen LogP contribution in [0.15, 0.2) is 70.9 Å². The monoisotopic (exact) mass is 742 g/mol. The fourth-order valence-electron chi connectivity index (χ4n) is 7.11. The highest BCUT2D eigenvalue weighted by Gasteiger charge is 2.47. The fraction of sp³-hybridized carbons (Fsp3) is 0.500. The molecule has 2 fully saturated rings. The Morgan fingerprint density at radius 1 is 1.08 bits per heavy atom. The van der Waals surface area contributed by atoms with Gasteiger partial charge in [0, 0.05) is 31.6 Å². The van der Waals surface area contributed by atoms with Crippen molar-refractivity contribution in [1.82, 2.24) is 14.5 Å². The molecule has 6 rings (SSSR count). The van der Waals surface area contributed by atoms with Gasteiger partial charge in [-0.2, -0.15) is 4.31 Å². The van der Waals surface area contributed by atoms with Crippen LogP contribution in [-0.2, 0) is 25.9 Å². The topological polar surface area (TPSA) is 167 Å². The second-order valence-electron chi connectivity index (χ2n) is 13.9. The first kappa shape index (κ1) is 37.0. The molecule has 15 heteroatoms. The third-order valence-corrected chi connectivity index (χ3v) is 12.4. The third kappa shape index (κ3) is 8.67. The van der Waals surface area contributed by atoms with Gasteiger partial charge in [-0.15, -0.1) is 11.3 Å². The zero-order valence-electron chi connectivity index (χ0n) is 28.6. The summed E-state index contributed by atoms with van der Waals surface area (Å²) in [5.74, 6) is 0.298. The lowest BCUT2D eigenvalue weighted by atomic mass is 9.87. The smallest absolute Gasteiger partial charge is 0.261 e. The maximum absolute atomic E-state index is 14.5. The number of rotatable bonds is 16. The quantitative estimate of drug-likeness (QED) is 0.208. The van der Waals surface area contributed by atoms with Gasteiger partial charge in [-0.05, 0) is 60.2 Å². The summed E-state index contributed by atoms with van der Waals surface area (Å²) in [6, 6.07) is 15.4. The minimum atomic E-state index is -4.27. The number of aliphatic hydroxyl groups excluding tert-OH is 1. The molecule has 276 valence electrons. The highest BCUT2D eigenvalue weighted by molar-refractivity contribution is 7.89. The van der Waals surface area contributed by atoms with E-state index in [-0.39, 0.29) is 48.8 Å². The first-order chi connectivity index (χ1) is 24.4. The van der Waals surface area contributed by atoms with Crippen molar-refractivity contribution in [3.63, 3.8) is 0 Å². The second kappa shape index (κ2) is 15.9. The van der Waals surface area contributed by atoms with Gasteiger partial charge in [0.25, 0.3) is 5.91 Å². The van der Waals surface area contributed by atoms with Crippen LogP contribution in [0.2, 0.25) is 0 Å². The van der Waals surface area contributed by atoms with Crippen molar-refractivity contribution in [1.29, 1.82) is 0 Å². The summed E-state index contributed by atoms with van der Waals surface area (Å²) < 4.78 is 52.5. The highest BCUT2D eigenvalue weighted by Crippen LogP contribution is 2.38. The number of ether oxygens (including phenoxy) is 4. The minimum absolute atomic E-state index is 0.00579. The maximum Gasteiger partial charge on any atom is 0.261 e. The Labute approximate surface area is 302 Å². The lowest BCUT2D eigenvalue weighted by Gasteiger charge is -2.43. The summed E-state index contributed by atoms with van der Waals surface area (Å²) in [5.41, 5.74) is 0.147. The summed E-state index contributed by atoms with van der Waals surface area (Å²) in [5, 5.41) is 29.8. The molecule has 3 aliphatic rings. The molecule has 2 aromatic carbocycles. The van der Waals surface area contributed by atoms with Crippen LogP contribution in [0.25, 0.3) is 0 Å². The van der Waals surface area contributed by atoms with Crippen LogP contribution in [0, 0.1) is 11.3 Å². The Balaban J connectivity index is 1.27. The number of carbonyl (C=O) groups is 2. The molecule has 2 amide bonds. The van der Waals surface area contributed by atoms with Crippen LogP contribution in [0.4, 0.5) is 4.79 Å². The van der Waals surface area contributed by atoms with Gasteiger partial charge in [-0.1, -0.05) is 50.2 Å². The largest absolute Gasteiger partial charge is 0.530 e. The molecular weight excluding hydrogens is 699 g/mol. The molecule has 3 aromatic rings. The molecule has 0 spiro atoms. The number of benzene rings is 2. The van der Waals surface area contributed by atoms with Gasteiger partial charge in [0.1, 0.15) is 6.09 Å². The SMILES string of the molecule is CC(C)(CCCNC(=O)c1cccs1)CN(C[C@@H](O)[C@H](Cc1ccccc1)N(C(=O)[O-])[C@H]1CO[C@H]2OCC[C@H]21)S(=O)(=O)c1ccc2c(c1)OCO2. The Morgan fingerprint density at radius 2 is 1.86 bits per heavy atom. The number of amides is 2. The van der Waals surface area contributed by atoms with E-state index in [4.69, 9.17) is 18.9 Å². The number of aliphatic hydroxyl groups is 1. The number of hydrogen-bond acceptors (Lipinski definition) is 11. The lowest BCUT2D eigenvalue weighted by molar-refractivity contribution is -0.273. The molecule has 0 aliphatic carbocycles. The van der Waals surface area contributed by atoms with E-state index in [9.17, 15) is 28.2 Å². The van der Waals surface area contributed by atoms with Gasteiger partial charge in [0.15, 0.2) is 17.8 Å². The summed E-state index contributed by atoms with van der Waals surface area (Å²) in [4.78, 5) is 27.1. The van der Waals surface area contributed by atoms with Crippen LogP contribution in [-0.4, -0.2) is 98.8 Å². The van der Waals surface area contributed by atoms with Crippen LogP contribution < -0.4 is 19.9 Å². The standard InChI is InChI=1S/C36H45N3O10S2/c1-36(2,14-7-15-37-33(41)32-10-6-17-50-32)22-38(51(44,45)25-11-12-30-31(19-25)49-23-48-30)20-29(40)27(18-24-8-4-3-5-9-24)39(35(42)43)28-21-47-34-26(28)13-16-46-34/h3-6,8-12,17,19,26-29,34,40H,7,13-16,18,20-23H2,1-2H3,(H,37,41)(H,42,43)/p-1/t26-,27-,28-,29+,34+/m0/s1. The van der Waals surface area contributed by atoms with Crippen LogP contribution in [0.3, 0.4) is 0 Å². The van der Waals surface area contributed by atoms with E-state index in [0.717, 1.165) is 10.5 Å². The molecule has 13 nitrogen and oxygen atoms in total. The van der Waals surface area contributed by atoms with Crippen LogP contribution >= 0.6 is 11.3 Å². The van der Waals surface area contributed by atoms with Crippen molar-refractivity contribution < 1.29 is 47.2 Å². The zero-order chi connectivity index (χ0) is 36.2. The minimum Gasteiger partial charge on any atom is -0.530 e. The third-order valence-electron chi connectivity index (χ3n) is 9.70. The number of nitrogens with one attached hydrogen (secondary N) is 1. The molecule has 1 aromatic heterocycles. The molecule has 0 bridgehead atoms. The second-order valence-corrected chi connectivity index (χ2v) is 16.8. The van der Waals surface area contributed by atoms with E-state index in [1.165, 1.54) is 33.8 Å². The van der Waals surface area contributed by atoms with Crippen molar-refractivity contribution in [3.05, 3.63) is 76.5 Å². The lowest BCUT2D eigenvalue weighted by Crippen LogP contribution is -2.61. The van der Waals surface area contributed by atoms with Gasteiger partial charge in [-0.25, -0.2) is 8.42 Å². The number of carbonyl (C=O) groups excluding carboxylic acids is 2. The maximum atomic E-state index is 14.5. The molecule has 2 N–H and O–H groups in total. The van der Waals surface area contributed by atoms with E-state index in [2.05, 4.69) is 5.32 Å². The van der Waals surface area contributed by atoms with Gasteiger partial charge in [0.2, 0.25) is 16.8 Å². The molecular formula is C36H44N3O10S2-. The van der Waals surface area contributed by atoms with Crippen molar-refractivity contribution in [2.75, 3.05) is 39.6 Å². The van der Waals surface area contributed by atoms with Crippen LogP contribution in [0.1, 0.15) is 48.3 Å².